The van der Waals surface area contributed by atoms with Crippen LogP contribution in [-0.4, -0.2) is 39.5 Å². The van der Waals surface area contributed by atoms with Crippen LogP contribution in [0, 0.1) is 0 Å². The summed E-state index contributed by atoms with van der Waals surface area (Å²) in [6, 6.07) is 0. The molecule has 0 aromatic rings. The van der Waals surface area contributed by atoms with Gasteiger partial charge in [0.25, 0.3) is 12.9 Å². The van der Waals surface area contributed by atoms with Crippen molar-refractivity contribution in [1.29, 1.82) is 0 Å². The Hall–Kier alpha value is -1.71. The van der Waals surface area contributed by atoms with Gasteiger partial charge in [0.1, 0.15) is 0 Å². The van der Waals surface area contributed by atoms with Crippen molar-refractivity contribution in [3.63, 3.8) is 0 Å². The summed E-state index contributed by atoms with van der Waals surface area (Å²) >= 11 is 0. The quantitative estimate of drug-likeness (QED) is 0.315. The van der Waals surface area contributed by atoms with Gasteiger partial charge in [0.2, 0.25) is 0 Å². The highest BCUT2D eigenvalue weighted by Crippen LogP contribution is 2.18. The van der Waals surface area contributed by atoms with Gasteiger partial charge < -0.3 is 14.0 Å². The smallest absolute Gasteiger partial charge is 0.476 e. The van der Waals surface area contributed by atoms with E-state index < -0.39 is 19.4 Å². The SMILES string of the molecule is COC(=O)C(F)(F)OB(OC=O)OC=O. The molecule has 0 saturated carbocycles. The molecule has 15 heavy (non-hydrogen) atoms. The standard InChI is InChI=1S/C5H5BF2O7/c1-12-4(11)5(7,8)15-6(13-2-9)14-3-10/h2-3H,1H3. The summed E-state index contributed by atoms with van der Waals surface area (Å²) in [7, 11) is -1.63. The molecule has 0 spiro atoms. The molecule has 0 radical (unpaired) electrons. The summed E-state index contributed by atoms with van der Waals surface area (Å²) in [4.78, 5) is 29.9. The molecule has 10 heteroatoms. The first-order chi connectivity index (χ1) is 6.97. The number of carbonyl (C=O) groups excluding carboxylic acids is 3. The number of methoxy groups -OCH3 is 1. The number of hydrogen-bond donors (Lipinski definition) is 0. The summed E-state index contributed by atoms with van der Waals surface area (Å²) in [5.74, 6) is -2.03. The molecule has 0 fully saturated rings. The van der Waals surface area contributed by atoms with Gasteiger partial charge in [0.15, 0.2) is 0 Å². The second kappa shape index (κ2) is 5.91. The summed E-state index contributed by atoms with van der Waals surface area (Å²) < 4.78 is 40.0. The number of ether oxygens (including phenoxy) is 1. The molecule has 84 valence electrons. The monoisotopic (exact) mass is 226 g/mol. The average Bonchev–Trinajstić information content (AvgIpc) is 2.16. The van der Waals surface area contributed by atoms with Crippen LogP contribution in [0.15, 0.2) is 0 Å². The molecule has 0 aromatic carbocycles. The lowest BCUT2D eigenvalue weighted by molar-refractivity contribution is -0.224. The topological polar surface area (TPSA) is 88.1 Å². The highest BCUT2D eigenvalue weighted by molar-refractivity contribution is 6.40. The number of hydrogen-bond acceptors (Lipinski definition) is 7. The number of rotatable bonds is 7. The van der Waals surface area contributed by atoms with E-state index in [4.69, 9.17) is 0 Å². The first-order valence-corrected chi connectivity index (χ1v) is 3.30. The molecule has 0 N–H and O–H groups in total. The van der Waals surface area contributed by atoms with Crippen LogP contribution in [0.5, 0.6) is 0 Å². The second-order valence-corrected chi connectivity index (χ2v) is 1.88. The van der Waals surface area contributed by atoms with Crippen LogP contribution in [0.1, 0.15) is 0 Å². The minimum atomic E-state index is -4.40. The number of alkyl halides is 2. The molecule has 0 rings (SSSR count). The number of carbonyl (C=O) groups is 3. The maximum absolute atomic E-state index is 12.6. The fourth-order valence-corrected chi connectivity index (χ4v) is 0.466. The summed E-state index contributed by atoms with van der Waals surface area (Å²) in [6.45, 7) is -0.608. The lowest BCUT2D eigenvalue weighted by Crippen LogP contribution is -2.41. The fourth-order valence-electron chi connectivity index (χ4n) is 0.466. The minimum absolute atomic E-state index is 0.304. The first kappa shape index (κ1) is 13.3. The molecule has 0 atom stereocenters. The van der Waals surface area contributed by atoms with Gasteiger partial charge in [-0.3, -0.25) is 14.2 Å². The van der Waals surface area contributed by atoms with Gasteiger partial charge >= 0.3 is 19.4 Å². The molecule has 7 nitrogen and oxygen atoms in total. The van der Waals surface area contributed by atoms with E-state index in [-0.39, 0.29) is 12.9 Å². The summed E-state index contributed by atoms with van der Waals surface area (Å²) in [5, 5.41) is 0. The highest BCUT2D eigenvalue weighted by Gasteiger charge is 2.49. The van der Waals surface area contributed by atoms with Crippen molar-refractivity contribution in [2.45, 2.75) is 6.11 Å². The van der Waals surface area contributed by atoms with Crippen molar-refractivity contribution in [3.05, 3.63) is 0 Å². The van der Waals surface area contributed by atoms with Gasteiger partial charge in [-0.1, -0.05) is 0 Å². The lowest BCUT2D eigenvalue weighted by atomic mass is 10.2. The fraction of sp³-hybridized carbons (Fsp3) is 0.400. The molecular weight excluding hydrogens is 221 g/mol. The van der Waals surface area contributed by atoms with E-state index in [2.05, 4.69) is 18.7 Å². The third kappa shape index (κ3) is 4.36. The Morgan fingerprint density at radius 2 is 1.73 bits per heavy atom. The van der Waals surface area contributed by atoms with Crippen LogP contribution >= 0.6 is 0 Å². The summed E-state index contributed by atoms with van der Waals surface area (Å²) in [6.07, 6.45) is -4.40. The predicted molar refractivity (Wildman–Crippen MR) is 38.1 cm³/mol. The van der Waals surface area contributed by atoms with E-state index >= 15 is 0 Å². The van der Waals surface area contributed by atoms with Crippen LogP contribution in [0.25, 0.3) is 0 Å². The Morgan fingerprint density at radius 1 is 1.27 bits per heavy atom. The van der Waals surface area contributed by atoms with Crippen LogP contribution in [0.2, 0.25) is 0 Å². The zero-order valence-electron chi connectivity index (χ0n) is 7.35. The highest BCUT2D eigenvalue weighted by atomic mass is 19.3. The van der Waals surface area contributed by atoms with E-state index in [0.717, 1.165) is 0 Å². The molecule has 0 bridgehead atoms. The van der Waals surface area contributed by atoms with Gasteiger partial charge in [-0.25, -0.2) is 4.79 Å². The lowest BCUT2D eigenvalue weighted by Gasteiger charge is -2.15. The van der Waals surface area contributed by atoms with Gasteiger partial charge in [-0.05, 0) is 0 Å². The molecule has 0 aromatic heterocycles. The molecule has 0 aliphatic rings. The first-order valence-electron chi connectivity index (χ1n) is 3.30. The van der Waals surface area contributed by atoms with Crippen LogP contribution in [-0.2, 0) is 33.1 Å². The van der Waals surface area contributed by atoms with Crippen molar-refractivity contribution in [2.75, 3.05) is 7.11 Å². The van der Waals surface area contributed by atoms with E-state index in [1.165, 1.54) is 0 Å². The minimum Gasteiger partial charge on any atom is -0.476 e. The third-order valence-electron chi connectivity index (χ3n) is 1.00. The Morgan fingerprint density at radius 3 is 2.07 bits per heavy atom. The average molecular weight is 226 g/mol. The molecule has 0 aliphatic heterocycles. The predicted octanol–water partition coefficient (Wildman–Crippen LogP) is -0.900. The van der Waals surface area contributed by atoms with Gasteiger partial charge in [-0.2, -0.15) is 8.78 Å². The van der Waals surface area contributed by atoms with E-state index in [9.17, 15) is 23.2 Å². The van der Waals surface area contributed by atoms with Crippen molar-refractivity contribution in [3.8, 4) is 0 Å². The van der Waals surface area contributed by atoms with Gasteiger partial charge in [-0.15, -0.1) is 0 Å². The van der Waals surface area contributed by atoms with E-state index in [0.29, 0.717) is 7.11 Å². The molecule has 0 saturated heterocycles. The zero-order chi connectivity index (χ0) is 11.9. The van der Waals surface area contributed by atoms with Crippen molar-refractivity contribution in [1.82, 2.24) is 0 Å². The van der Waals surface area contributed by atoms with Crippen LogP contribution < -0.4 is 0 Å². The van der Waals surface area contributed by atoms with E-state index in [1.807, 2.05) is 0 Å². The van der Waals surface area contributed by atoms with Gasteiger partial charge in [0.05, 0.1) is 7.11 Å². The Bertz CT molecular complexity index is 236. The van der Waals surface area contributed by atoms with Crippen molar-refractivity contribution >= 4 is 26.2 Å². The maximum atomic E-state index is 12.6. The van der Waals surface area contributed by atoms with E-state index in [1.54, 1.807) is 0 Å². The van der Waals surface area contributed by atoms with Gasteiger partial charge in [0, 0.05) is 0 Å². The molecule has 0 aliphatic carbocycles. The van der Waals surface area contributed by atoms with Crippen molar-refractivity contribution < 1.29 is 41.9 Å². The zero-order valence-corrected chi connectivity index (χ0v) is 7.35. The molecular formula is C5H5BF2O7. The molecule has 0 unspecified atom stereocenters. The second-order valence-electron chi connectivity index (χ2n) is 1.88. The Kier molecular flexibility index (Phi) is 5.24. The van der Waals surface area contributed by atoms with Crippen LogP contribution in [0.3, 0.4) is 0 Å². The number of halogens is 2. The molecule has 0 amide bonds. The largest absolute Gasteiger partial charge is 0.796 e. The molecule has 0 heterocycles. The third-order valence-corrected chi connectivity index (χ3v) is 1.00. The summed E-state index contributed by atoms with van der Waals surface area (Å²) in [5.41, 5.74) is 0. The van der Waals surface area contributed by atoms with Crippen LogP contribution in [0.4, 0.5) is 8.78 Å². The normalized spacial score (nSPS) is 10.1. The Labute approximate surface area is 82.4 Å². The maximum Gasteiger partial charge on any atom is 0.796 e. The van der Waals surface area contributed by atoms with Crippen molar-refractivity contribution in [2.24, 2.45) is 0 Å². The number of esters is 1. The Balaban J connectivity index is 4.42.